The van der Waals surface area contributed by atoms with Gasteiger partial charge >= 0.3 is 0 Å². The summed E-state index contributed by atoms with van der Waals surface area (Å²) in [5.74, 6) is 0.722. The Kier molecular flexibility index (Phi) is 6.67. The molecule has 0 aliphatic heterocycles. The lowest BCUT2D eigenvalue weighted by Crippen LogP contribution is -2.29. The van der Waals surface area contributed by atoms with Gasteiger partial charge in [0.2, 0.25) is 0 Å². The standard InChI is InChI=1S/C14H25N3/c1-12(2)10-16-8-9-17-11-13-6-4-5-7-14(13)15-3/h4-7,12,15-17H,8-11H2,1-3H3. The Bertz CT molecular complexity index is 310. The van der Waals surface area contributed by atoms with Gasteiger partial charge in [-0.1, -0.05) is 32.0 Å². The highest BCUT2D eigenvalue weighted by molar-refractivity contribution is 5.50. The van der Waals surface area contributed by atoms with Crippen LogP contribution in [0.3, 0.4) is 0 Å². The van der Waals surface area contributed by atoms with Crippen LogP contribution in [-0.4, -0.2) is 26.7 Å². The number of hydrogen-bond donors (Lipinski definition) is 3. The number of nitrogens with one attached hydrogen (secondary N) is 3. The highest BCUT2D eigenvalue weighted by Gasteiger charge is 1.98. The molecular weight excluding hydrogens is 210 g/mol. The van der Waals surface area contributed by atoms with Gasteiger partial charge in [-0.2, -0.15) is 0 Å². The molecule has 0 atom stereocenters. The Morgan fingerprint density at radius 3 is 2.47 bits per heavy atom. The van der Waals surface area contributed by atoms with E-state index in [1.165, 1.54) is 11.3 Å². The van der Waals surface area contributed by atoms with E-state index in [0.717, 1.165) is 32.1 Å². The first kappa shape index (κ1) is 14.0. The highest BCUT2D eigenvalue weighted by atomic mass is 14.9. The maximum Gasteiger partial charge on any atom is 0.0383 e. The minimum atomic E-state index is 0.722. The smallest absolute Gasteiger partial charge is 0.0383 e. The van der Waals surface area contributed by atoms with Gasteiger partial charge in [-0.15, -0.1) is 0 Å². The first-order chi connectivity index (χ1) is 8.24. The summed E-state index contributed by atoms with van der Waals surface area (Å²) in [4.78, 5) is 0. The molecule has 0 spiro atoms. The van der Waals surface area contributed by atoms with E-state index in [4.69, 9.17) is 0 Å². The molecule has 96 valence electrons. The molecule has 0 fully saturated rings. The minimum absolute atomic E-state index is 0.722. The van der Waals surface area contributed by atoms with Crippen molar-refractivity contribution in [3.8, 4) is 0 Å². The van der Waals surface area contributed by atoms with E-state index >= 15 is 0 Å². The van der Waals surface area contributed by atoms with Crippen molar-refractivity contribution in [3.05, 3.63) is 29.8 Å². The number of hydrogen-bond acceptors (Lipinski definition) is 3. The highest BCUT2D eigenvalue weighted by Crippen LogP contribution is 2.13. The lowest BCUT2D eigenvalue weighted by molar-refractivity contribution is 0.535. The summed E-state index contributed by atoms with van der Waals surface area (Å²) in [5, 5.41) is 10.1. The fourth-order valence-corrected chi connectivity index (χ4v) is 1.71. The Labute approximate surface area is 105 Å². The van der Waals surface area contributed by atoms with Gasteiger partial charge in [0.25, 0.3) is 0 Å². The van der Waals surface area contributed by atoms with Gasteiger partial charge in [-0.3, -0.25) is 0 Å². The summed E-state index contributed by atoms with van der Waals surface area (Å²) >= 11 is 0. The van der Waals surface area contributed by atoms with Crippen molar-refractivity contribution in [2.75, 3.05) is 32.0 Å². The third kappa shape index (κ3) is 5.71. The van der Waals surface area contributed by atoms with Crippen LogP contribution in [0.1, 0.15) is 19.4 Å². The molecule has 1 aromatic rings. The maximum atomic E-state index is 3.45. The van der Waals surface area contributed by atoms with Crippen molar-refractivity contribution in [2.24, 2.45) is 5.92 Å². The molecule has 0 aliphatic carbocycles. The third-order valence-electron chi connectivity index (χ3n) is 2.63. The van der Waals surface area contributed by atoms with Gasteiger partial charge in [0, 0.05) is 32.4 Å². The monoisotopic (exact) mass is 235 g/mol. The molecule has 3 N–H and O–H groups in total. The molecule has 0 amide bonds. The van der Waals surface area contributed by atoms with E-state index in [-0.39, 0.29) is 0 Å². The van der Waals surface area contributed by atoms with Crippen molar-refractivity contribution in [1.29, 1.82) is 0 Å². The Morgan fingerprint density at radius 2 is 1.76 bits per heavy atom. The fourth-order valence-electron chi connectivity index (χ4n) is 1.71. The average Bonchev–Trinajstić information content (AvgIpc) is 2.33. The molecule has 0 aliphatic rings. The van der Waals surface area contributed by atoms with Crippen molar-refractivity contribution < 1.29 is 0 Å². The summed E-state index contributed by atoms with van der Waals surface area (Å²) in [6, 6.07) is 8.39. The van der Waals surface area contributed by atoms with Crippen molar-refractivity contribution in [1.82, 2.24) is 10.6 Å². The molecule has 1 rings (SSSR count). The van der Waals surface area contributed by atoms with Crippen LogP contribution in [0.4, 0.5) is 5.69 Å². The van der Waals surface area contributed by atoms with E-state index in [1.54, 1.807) is 0 Å². The molecule has 0 aromatic heterocycles. The third-order valence-corrected chi connectivity index (χ3v) is 2.63. The van der Waals surface area contributed by atoms with Crippen LogP contribution in [0.2, 0.25) is 0 Å². The van der Waals surface area contributed by atoms with Gasteiger partial charge in [-0.05, 0) is 24.1 Å². The van der Waals surface area contributed by atoms with E-state index < -0.39 is 0 Å². The molecule has 0 unspecified atom stereocenters. The molecule has 0 radical (unpaired) electrons. The minimum Gasteiger partial charge on any atom is -0.388 e. The van der Waals surface area contributed by atoms with Crippen LogP contribution < -0.4 is 16.0 Å². The number of anilines is 1. The number of rotatable bonds is 8. The van der Waals surface area contributed by atoms with Gasteiger partial charge < -0.3 is 16.0 Å². The second-order valence-corrected chi connectivity index (χ2v) is 4.68. The molecule has 0 heterocycles. The molecule has 0 saturated heterocycles. The van der Waals surface area contributed by atoms with E-state index in [1.807, 2.05) is 7.05 Å². The summed E-state index contributed by atoms with van der Waals surface area (Å²) in [6.07, 6.45) is 0. The van der Waals surface area contributed by atoms with Crippen LogP contribution in [0.15, 0.2) is 24.3 Å². The van der Waals surface area contributed by atoms with E-state index in [9.17, 15) is 0 Å². The Balaban J connectivity index is 2.17. The summed E-state index contributed by atoms with van der Waals surface area (Å²) < 4.78 is 0. The topological polar surface area (TPSA) is 36.1 Å². The summed E-state index contributed by atoms with van der Waals surface area (Å²) in [6.45, 7) is 8.49. The normalized spacial score (nSPS) is 10.8. The zero-order chi connectivity index (χ0) is 12.5. The first-order valence-corrected chi connectivity index (χ1v) is 6.41. The molecule has 0 bridgehead atoms. The van der Waals surface area contributed by atoms with Gasteiger partial charge in [0.15, 0.2) is 0 Å². The molecule has 1 aromatic carbocycles. The van der Waals surface area contributed by atoms with E-state index in [2.05, 4.69) is 54.1 Å². The second kappa shape index (κ2) is 8.09. The summed E-state index contributed by atoms with van der Waals surface area (Å²) in [7, 11) is 1.96. The lowest BCUT2D eigenvalue weighted by Gasteiger charge is -2.11. The van der Waals surface area contributed by atoms with Crippen molar-refractivity contribution >= 4 is 5.69 Å². The first-order valence-electron chi connectivity index (χ1n) is 6.41. The van der Waals surface area contributed by atoms with Gasteiger partial charge in [-0.25, -0.2) is 0 Å². The van der Waals surface area contributed by atoms with Crippen LogP contribution >= 0.6 is 0 Å². The number of para-hydroxylation sites is 1. The lowest BCUT2D eigenvalue weighted by atomic mass is 10.2. The SMILES string of the molecule is CNc1ccccc1CNCCNCC(C)C. The largest absolute Gasteiger partial charge is 0.388 e. The molecular formula is C14H25N3. The fraction of sp³-hybridized carbons (Fsp3) is 0.571. The Morgan fingerprint density at radius 1 is 1.06 bits per heavy atom. The molecule has 17 heavy (non-hydrogen) atoms. The number of benzene rings is 1. The maximum absolute atomic E-state index is 3.45. The zero-order valence-electron chi connectivity index (χ0n) is 11.2. The predicted molar refractivity (Wildman–Crippen MR) is 75.4 cm³/mol. The van der Waals surface area contributed by atoms with Crippen molar-refractivity contribution in [3.63, 3.8) is 0 Å². The Hall–Kier alpha value is -1.06. The molecule has 3 heteroatoms. The van der Waals surface area contributed by atoms with Crippen LogP contribution in [0.25, 0.3) is 0 Å². The van der Waals surface area contributed by atoms with Crippen LogP contribution in [-0.2, 0) is 6.54 Å². The predicted octanol–water partition coefficient (Wildman–Crippen LogP) is 2.06. The zero-order valence-corrected chi connectivity index (χ0v) is 11.2. The van der Waals surface area contributed by atoms with Gasteiger partial charge in [0.05, 0.1) is 0 Å². The molecule has 3 nitrogen and oxygen atoms in total. The second-order valence-electron chi connectivity index (χ2n) is 4.68. The molecule has 0 saturated carbocycles. The van der Waals surface area contributed by atoms with Gasteiger partial charge in [0.1, 0.15) is 0 Å². The average molecular weight is 235 g/mol. The quantitative estimate of drug-likeness (QED) is 0.604. The van der Waals surface area contributed by atoms with E-state index in [0.29, 0.717) is 0 Å². The summed E-state index contributed by atoms with van der Waals surface area (Å²) in [5.41, 5.74) is 2.52. The van der Waals surface area contributed by atoms with Crippen LogP contribution in [0, 0.1) is 5.92 Å². The van der Waals surface area contributed by atoms with Crippen molar-refractivity contribution in [2.45, 2.75) is 20.4 Å². The van der Waals surface area contributed by atoms with Crippen LogP contribution in [0.5, 0.6) is 0 Å².